The zero-order valence-corrected chi connectivity index (χ0v) is 25.3. The summed E-state index contributed by atoms with van der Waals surface area (Å²) in [7, 11) is 0. The van der Waals surface area contributed by atoms with Crippen LogP contribution in [-0.4, -0.2) is 44.2 Å². The molecule has 4 nitrogen and oxygen atoms in total. The van der Waals surface area contributed by atoms with Crippen LogP contribution >= 0.6 is 0 Å². The van der Waals surface area contributed by atoms with Crippen molar-refractivity contribution < 1.29 is 10.2 Å². The van der Waals surface area contributed by atoms with Crippen molar-refractivity contribution in [2.75, 3.05) is 0 Å². The van der Waals surface area contributed by atoms with Crippen molar-refractivity contribution in [2.45, 2.75) is 144 Å². The van der Waals surface area contributed by atoms with Crippen LogP contribution in [0.15, 0.2) is 12.1 Å². The van der Waals surface area contributed by atoms with Crippen molar-refractivity contribution >= 4 is 0 Å². The Kier molecular flexibility index (Phi) is 9.15. The fraction of sp³-hybridized carbons (Fsp3) is 0.647. The lowest BCUT2D eigenvalue weighted by atomic mass is 9.78. The summed E-state index contributed by atoms with van der Waals surface area (Å²) in [4.78, 5) is 4.89. The predicted octanol–water partition coefficient (Wildman–Crippen LogP) is 7.76. The number of rotatable bonds is 9. The zero-order chi connectivity index (χ0) is 27.7. The van der Waals surface area contributed by atoms with Crippen LogP contribution in [0.1, 0.15) is 114 Å². The van der Waals surface area contributed by atoms with Gasteiger partial charge in [-0.15, -0.1) is 0 Å². The number of phenols is 2. The third-order valence-electron chi connectivity index (χ3n) is 9.01. The first-order chi connectivity index (χ1) is 18.0. The minimum absolute atomic E-state index is 0.386. The number of phenolic OH excluding ortho intramolecular Hbond substituents is 2. The Morgan fingerprint density at radius 3 is 1.18 bits per heavy atom. The van der Waals surface area contributed by atoms with Crippen LogP contribution in [0.25, 0.3) is 11.1 Å². The van der Waals surface area contributed by atoms with E-state index in [0.29, 0.717) is 35.7 Å². The predicted molar refractivity (Wildman–Crippen MR) is 160 cm³/mol. The van der Waals surface area contributed by atoms with Gasteiger partial charge in [0.25, 0.3) is 0 Å². The van der Waals surface area contributed by atoms with E-state index in [4.69, 9.17) is 0 Å². The molecule has 4 heteroatoms. The number of aryl methyl sites for hydroxylation is 2. The van der Waals surface area contributed by atoms with Crippen LogP contribution < -0.4 is 0 Å². The average molecular weight is 521 g/mol. The second-order valence-corrected chi connectivity index (χ2v) is 12.9. The topological polar surface area (TPSA) is 46.9 Å². The third-order valence-corrected chi connectivity index (χ3v) is 9.01. The van der Waals surface area contributed by atoms with Crippen molar-refractivity contribution in [3.05, 3.63) is 45.5 Å². The molecule has 0 radical (unpaired) electrons. The molecule has 2 aromatic rings. The first-order valence-corrected chi connectivity index (χ1v) is 15.3. The van der Waals surface area contributed by atoms with Gasteiger partial charge in [-0.3, -0.25) is 9.80 Å². The lowest BCUT2D eigenvalue weighted by Gasteiger charge is -2.34. The molecule has 0 aliphatic heterocycles. The van der Waals surface area contributed by atoms with Crippen molar-refractivity contribution in [1.82, 2.24) is 9.80 Å². The molecular weight excluding hydrogens is 468 g/mol. The monoisotopic (exact) mass is 520 g/mol. The van der Waals surface area contributed by atoms with Gasteiger partial charge < -0.3 is 10.2 Å². The van der Waals surface area contributed by atoms with Crippen LogP contribution in [0, 0.1) is 0 Å². The van der Waals surface area contributed by atoms with E-state index in [1.165, 1.54) is 35.1 Å². The van der Waals surface area contributed by atoms with Gasteiger partial charge in [0, 0.05) is 59.5 Å². The normalized spacial score (nSPS) is 15.8. The number of nitrogens with zero attached hydrogens (tertiary/aromatic N) is 2. The highest BCUT2D eigenvalue weighted by Gasteiger charge is 2.30. The fourth-order valence-corrected chi connectivity index (χ4v) is 7.01. The van der Waals surface area contributed by atoms with E-state index in [9.17, 15) is 10.2 Å². The number of benzene rings is 2. The van der Waals surface area contributed by atoms with Gasteiger partial charge in [-0.25, -0.2) is 0 Å². The van der Waals surface area contributed by atoms with Crippen LogP contribution in [0.4, 0.5) is 0 Å². The summed E-state index contributed by atoms with van der Waals surface area (Å²) in [5, 5.41) is 24.1. The molecular formula is C34H52N2O2. The molecule has 0 spiro atoms. The van der Waals surface area contributed by atoms with Crippen molar-refractivity contribution in [3.63, 3.8) is 0 Å². The van der Waals surface area contributed by atoms with Gasteiger partial charge in [0.05, 0.1) is 0 Å². The minimum Gasteiger partial charge on any atom is -0.507 e. The summed E-state index contributed by atoms with van der Waals surface area (Å²) in [6, 6.07) is 6.09. The minimum atomic E-state index is 0.386. The molecule has 0 fully saturated rings. The average Bonchev–Trinajstić information content (AvgIpc) is 2.86. The van der Waals surface area contributed by atoms with E-state index >= 15 is 0 Å². The Balaban J connectivity index is 1.95. The largest absolute Gasteiger partial charge is 0.507 e. The van der Waals surface area contributed by atoms with E-state index in [0.717, 1.165) is 73.9 Å². The molecule has 0 atom stereocenters. The SMILES string of the molecule is CC(C)N(Cc1cc2c(c(-c3c(O)c(CN(C(C)C)C(C)C)cc4c3CCCC4)c1O)CCCC2)C(C)C. The summed E-state index contributed by atoms with van der Waals surface area (Å²) >= 11 is 0. The molecule has 4 rings (SSSR count). The molecule has 0 amide bonds. The molecule has 2 aromatic carbocycles. The number of hydrogen-bond donors (Lipinski definition) is 2. The maximum absolute atomic E-state index is 12.0. The highest BCUT2D eigenvalue weighted by atomic mass is 16.3. The smallest absolute Gasteiger partial charge is 0.128 e. The van der Waals surface area contributed by atoms with E-state index in [1.807, 2.05) is 0 Å². The van der Waals surface area contributed by atoms with Crippen molar-refractivity contribution in [1.29, 1.82) is 0 Å². The molecule has 2 N–H and O–H groups in total. The van der Waals surface area contributed by atoms with E-state index in [-0.39, 0.29) is 0 Å². The van der Waals surface area contributed by atoms with Crippen LogP contribution in [0.3, 0.4) is 0 Å². The van der Waals surface area contributed by atoms with Crippen molar-refractivity contribution in [2.24, 2.45) is 0 Å². The van der Waals surface area contributed by atoms with Crippen LogP contribution in [0.5, 0.6) is 11.5 Å². The molecule has 38 heavy (non-hydrogen) atoms. The number of hydrogen-bond acceptors (Lipinski definition) is 4. The fourth-order valence-electron chi connectivity index (χ4n) is 7.01. The summed E-state index contributed by atoms with van der Waals surface area (Å²) in [6.07, 6.45) is 8.71. The Labute approximate surface area is 232 Å². The van der Waals surface area contributed by atoms with E-state index < -0.39 is 0 Å². The van der Waals surface area contributed by atoms with Gasteiger partial charge in [-0.2, -0.15) is 0 Å². The quantitative estimate of drug-likeness (QED) is 0.355. The summed E-state index contributed by atoms with van der Waals surface area (Å²) in [5.41, 5.74) is 9.14. The van der Waals surface area contributed by atoms with E-state index in [2.05, 4.69) is 77.3 Å². The Bertz CT molecular complexity index is 1030. The lowest BCUT2D eigenvalue weighted by Crippen LogP contribution is -2.36. The standard InChI is InChI=1S/C34H52N2O2/c1-21(2)35(22(3)4)19-27-17-25-13-9-11-15-29(25)31(33(27)37)32-30-16-12-10-14-26(30)18-28(34(32)38)20-36(23(5)6)24(7)8/h17-18,21-24,37-38H,9-16,19-20H2,1-8H3. The van der Waals surface area contributed by atoms with Gasteiger partial charge in [-0.1, -0.05) is 12.1 Å². The molecule has 0 unspecified atom stereocenters. The summed E-state index contributed by atoms with van der Waals surface area (Å²) < 4.78 is 0. The molecule has 2 aliphatic rings. The maximum Gasteiger partial charge on any atom is 0.128 e. The summed E-state index contributed by atoms with van der Waals surface area (Å²) in [6.45, 7) is 19.3. The molecule has 2 aliphatic carbocycles. The van der Waals surface area contributed by atoms with Gasteiger partial charge >= 0.3 is 0 Å². The number of fused-ring (bicyclic) bond motifs is 2. The van der Waals surface area contributed by atoms with Crippen LogP contribution in [-0.2, 0) is 38.8 Å². The van der Waals surface area contributed by atoms with Crippen LogP contribution in [0.2, 0.25) is 0 Å². The Morgan fingerprint density at radius 2 is 0.868 bits per heavy atom. The highest BCUT2D eigenvalue weighted by Crippen LogP contribution is 2.49. The lowest BCUT2D eigenvalue weighted by molar-refractivity contribution is 0.164. The molecule has 210 valence electrons. The van der Waals surface area contributed by atoms with E-state index in [1.54, 1.807) is 0 Å². The second-order valence-electron chi connectivity index (χ2n) is 12.9. The van der Waals surface area contributed by atoms with Gasteiger partial charge in [0.2, 0.25) is 0 Å². The van der Waals surface area contributed by atoms with Gasteiger partial charge in [0.15, 0.2) is 0 Å². The summed E-state index contributed by atoms with van der Waals surface area (Å²) in [5.74, 6) is 0.781. The van der Waals surface area contributed by atoms with Crippen molar-refractivity contribution in [3.8, 4) is 22.6 Å². The molecule has 0 heterocycles. The molecule has 0 saturated heterocycles. The number of aromatic hydroxyl groups is 2. The molecule has 0 aromatic heterocycles. The Morgan fingerprint density at radius 1 is 0.553 bits per heavy atom. The molecule has 0 bridgehead atoms. The zero-order valence-electron chi connectivity index (χ0n) is 25.3. The van der Waals surface area contributed by atoms with Gasteiger partial charge in [0.1, 0.15) is 11.5 Å². The highest BCUT2D eigenvalue weighted by molar-refractivity contribution is 5.85. The first kappa shape index (κ1) is 29.0. The maximum atomic E-state index is 12.0. The third kappa shape index (κ3) is 5.77. The van der Waals surface area contributed by atoms with Gasteiger partial charge in [-0.05, 0) is 129 Å². The second kappa shape index (κ2) is 12.0. The Hall–Kier alpha value is -2.04. The first-order valence-electron chi connectivity index (χ1n) is 15.3. The molecule has 0 saturated carbocycles.